The van der Waals surface area contributed by atoms with E-state index in [1.807, 2.05) is 0 Å². The zero-order chi connectivity index (χ0) is 40.8. The highest BCUT2D eigenvalue weighted by Crippen LogP contribution is 2.36. The lowest BCUT2D eigenvalue weighted by atomic mass is 10.1. The molecule has 0 saturated carbocycles. The van der Waals surface area contributed by atoms with Crippen LogP contribution >= 0.6 is 46.4 Å². The summed E-state index contributed by atoms with van der Waals surface area (Å²) in [5.74, 6) is -4.99. The molecule has 4 aromatic heterocycles. The van der Waals surface area contributed by atoms with Crippen LogP contribution in [0.1, 0.15) is 32.2 Å². The van der Waals surface area contributed by atoms with Gasteiger partial charge in [0.05, 0.1) is 45.0 Å². The molecule has 2 aromatic carbocycles. The lowest BCUT2D eigenvalue weighted by Gasteiger charge is -2.16. The van der Waals surface area contributed by atoms with Crippen molar-refractivity contribution in [3.05, 3.63) is 127 Å². The number of nitrogens with zero attached hydrogens (tertiary/aromatic N) is 4. The second-order valence-corrected chi connectivity index (χ2v) is 13.7. The molecule has 0 radical (unpaired) electrons. The van der Waals surface area contributed by atoms with Gasteiger partial charge in [-0.05, 0) is 71.4 Å². The van der Waals surface area contributed by atoms with Crippen molar-refractivity contribution in [1.82, 2.24) is 30.2 Å². The van der Waals surface area contributed by atoms with Gasteiger partial charge in [0.15, 0.2) is 34.8 Å². The van der Waals surface area contributed by atoms with Gasteiger partial charge in [0.1, 0.15) is 0 Å². The summed E-state index contributed by atoms with van der Waals surface area (Å²) in [4.78, 5) is 25.0. The molecular formula is C36H32Cl4F4N8O4. The third-order valence-electron chi connectivity index (χ3n) is 8.29. The largest absolute Gasteiger partial charge is 0.439 e. The summed E-state index contributed by atoms with van der Waals surface area (Å²) in [6.45, 7) is 0.166. The maximum absolute atomic E-state index is 13.4. The number of nitrogens with one attached hydrogen (secondary N) is 2. The van der Waals surface area contributed by atoms with E-state index >= 15 is 0 Å². The Hall–Kier alpha value is -4.84. The smallest absolute Gasteiger partial charge is 0.287 e. The Morgan fingerprint density at radius 2 is 1.04 bits per heavy atom. The van der Waals surface area contributed by atoms with E-state index in [0.717, 1.165) is 24.3 Å². The molecule has 0 saturated heterocycles. The molecule has 0 spiro atoms. The highest BCUT2D eigenvalue weighted by molar-refractivity contribution is 6.36. The Balaban J connectivity index is 0.000000214. The van der Waals surface area contributed by atoms with Crippen LogP contribution in [0, 0.1) is 23.3 Å². The number of furan rings is 2. The van der Waals surface area contributed by atoms with Gasteiger partial charge in [-0.2, -0.15) is 10.2 Å². The van der Waals surface area contributed by atoms with Crippen molar-refractivity contribution in [1.29, 1.82) is 0 Å². The monoisotopic (exact) mass is 856 g/mol. The van der Waals surface area contributed by atoms with Crippen LogP contribution in [-0.2, 0) is 26.9 Å². The average Bonchev–Trinajstić information content (AvgIpc) is 3.92. The molecule has 0 aliphatic carbocycles. The molecule has 0 unspecified atom stereocenters. The fourth-order valence-corrected chi connectivity index (χ4v) is 6.50. The van der Waals surface area contributed by atoms with Crippen LogP contribution in [0.3, 0.4) is 0 Å². The van der Waals surface area contributed by atoms with Crippen LogP contribution < -0.4 is 22.1 Å². The molecule has 296 valence electrons. The SMILES string of the molecule is Cn1ncc(Cl)c1-c1cc(C(=O)N[C@H](CN)Cc2ccc(F)c(F)c2)oc1Cl.Cn1ncc(Cl)c1-c1cc(C(=O)N[C@H](CN)Cc2ccc(F)c(F)c2)oc1Cl. The maximum Gasteiger partial charge on any atom is 0.287 e. The first-order valence-electron chi connectivity index (χ1n) is 16.4. The van der Waals surface area contributed by atoms with E-state index in [1.54, 1.807) is 14.1 Å². The maximum atomic E-state index is 13.4. The molecule has 6 rings (SSSR count). The van der Waals surface area contributed by atoms with Crippen LogP contribution in [0.5, 0.6) is 0 Å². The summed E-state index contributed by atoms with van der Waals surface area (Å²) in [6.07, 6.45) is 3.33. The van der Waals surface area contributed by atoms with Gasteiger partial charge in [-0.1, -0.05) is 35.3 Å². The number of rotatable bonds is 12. The summed E-state index contributed by atoms with van der Waals surface area (Å²) >= 11 is 24.4. The molecule has 0 bridgehead atoms. The fourth-order valence-electron chi connectivity index (χ4n) is 5.51. The number of amides is 2. The molecule has 0 fully saturated rings. The topological polar surface area (TPSA) is 172 Å². The predicted octanol–water partition coefficient (Wildman–Crippen LogP) is 7.13. The predicted molar refractivity (Wildman–Crippen MR) is 203 cm³/mol. The number of hydrogen-bond donors (Lipinski definition) is 4. The summed E-state index contributed by atoms with van der Waals surface area (Å²) in [7, 11) is 3.35. The highest BCUT2D eigenvalue weighted by Gasteiger charge is 2.24. The molecular weight excluding hydrogens is 826 g/mol. The number of carbonyl (C=O) groups excluding carboxylic acids is 2. The third kappa shape index (κ3) is 9.93. The lowest BCUT2D eigenvalue weighted by molar-refractivity contribution is 0.0902. The van der Waals surface area contributed by atoms with Crippen LogP contribution in [0.25, 0.3) is 22.5 Å². The highest BCUT2D eigenvalue weighted by atomic mass is 35.5. The minimum Gasteiger partial charge on any atom is -0.439 e. The van der Waals surface area contributed by atoms with E-state index in [-0.39, 0.29) is 47.9 Å². The first kappa shape index (κ1) is 42.3. The van der Waals surface area contributed by atoms with Gasteiger partial charge in [0.2, 0.25) is 10.4 Å². The number of nitrogens with two attached hydrogens (primary N) is 2. The number of halogens is 8. The normalized spacial score (nSPS) is 12.2. The second-order valence-electron chi connectivity index (χ2n) is 12.2. The Morgan fingerprint density at radius 3 is 1.34 bits per heavy atom. The van der Waals surface area contributed by atoms with Gasteiger partial charge in [0.25, 0.3) is 11.8 Å². The van der Waals surface area contributed by atoms with E-state index < -0.39 is 47.2 Å². The Morgan fingerprint density at radius 1 is 0.661 bits per heavy atom. The Bertz CT molecular complexity index is 2160. The van der Waals surface area contributed by atoms with Gasteiger partial charge in [-0.25, -0.2) is 17.6 Å². The number of aryl methyl sites for hydroxylation is 2. The van der Waals surface area contributed by atoms with Crippen LogP contribution in [-0.4, -0.2) is 56.5 Å². The molecule has 0 aliphatic heterocycles. The van der Waals surface area contributed by atoms with Crippen molar-refractivity contribution < 1.29 is 36.0 Å². The first-order valence-corrected chi connectivity index (χ1v) is 17.9. The van der Waals surface area contributed by atoms with E-state index in [0.29, 0.717) is 43.7 Å². The Kier molecular flexibility index (Phi) is 13.9. The standard InChI is InChI=1S/2C18H16Cl2F2N4O2/c2*1-26-16(12(19)8-24-26)11-6-15(28-17(11)20)18(27)25-10(7-23)4-9-2-3-13(21)14(22)5-9/h2*2-3,5-6,8,10H,4,7,23H2,1H3,(H,25,27)/t2*10-/m00/s1. The number of aromatic nitrogens is 4. The van der Waals surface area contributed by atoms with Gasteiger partial charge in [-0.3, -0.25) is 19.0 Å². The van der Waals surface area contributed by atoms with Crippen LogP contribution in [0.2, 0.25) is 20.5 Å². The minimum atomic E-state index is -0.963. The van der Waals surface area contributed by atoms with E-state index in [4.69, 9.17) is 66.7 Å². The van der Waals surface area contributed by atoms with Gasteiger partial charge < -0.3 is 30.9 Å². The summed E-state index contributed by atoms with van der Waals surface area (Å²) < 4.78 is 66.5. The van der Waals surface area contributed by atoms with Crippen LogP contribution in [0.4, 0.5) is 17.6 Å². The van der Waals surface area contributed by atoms with E-state index in [1.165, 1.54) is 46.0 Å². The van der Waals surface area contributed by atoms with E-state index in [2.05, 4.69) is 20.8 Å². The van der Waals surface area contributed by atoms with Crippen molar-refractivity contribution in [2.45, 2.75) is 24.9 Å². The molecule has 2 amide bonds. The zero-order valence-corrected chi connectivity index (χ0v) is 32.4. The molecule has 6 N–H and O–H groups in total. The average molecular weight is 859 g/mol. The molecule has 2 atom stereocenters. The van der Waals surface area contributed by atoms with Crippen molar-refractivity contribution >= 4 is 58.2 Å². The molecule has 4 heterocycles. The van der Waals surface area contributed by atoms with Crippen molar-refractivity contribution in [3.8, 4) is 22.5 Å². The van der Waals surface area contributed by atoms with Crippen molar-refractivity contribution in [3.63, 3.8) is 0 Å². The fraction of sp³-hybridized carbons (Fsp3) is 0.222. The molecule has 56 heavy (non-hydrogen) atoms. The van der Waals surface area contributed by atoms with Gasteiger partial charge in [0, 0.05) is 51.4 Å². The number of carbonyl (C=O) groups is 2. The second kappa shape index (κ2) is 18.4. The van der Waals surface area contributed by atoms with E-state index in [9.17, 15) is 27.2 Å². The van der Waals surface area contributed by atoms with Crippen LogP contribution in [0.15, 0.2) is 69.8 Å². The molecule has 12 nitrogen and oxygen atoms in total. The van der Waals surface area contributed by atoms with Crippen molar-refractivity contribution in [2.24, 2.45) is 25.6 Å². The van der Waals surface area contributed by atoms with Crippen molar-refractivity contribution in [2.75, 3.05) is 13.1 Å². The molecule has 6 aromatic rings. The summed E-state index contributed by atoms with van der Waals surface area (Å²) in [5, 5.41) is 14.1. The number of hydrogen-bond acceptors (Lipinski definition) is 8. The quantitative estimate of drug-likeness (QED) is 0.0942. The first-order chi connectivity index (χ1) is 26.6. The number of benzene rings is 2. The lowest BCUT2D eigenvalue weighted by Crippen LogP contribution is -2.41. The third-order valence-corrected chi connectivity index (χ3v) is 9.41. The van der Waals surface area contributed by atoms with Gasteiger partial charge in [-0.15, -0.1) is 0 Å². The Labute approximate surface area is 336 Å². The summed E-state index contributed by atoms with van der Waals surface area (Å²) in [6, 6.07) is 8.89. The summed E-state index contributed by atoms with van der Waals surface area (Å²) in [5.41, 5.74) is 14.2. The minimum absolute atomic E-state index is 0.0134. The van der Waals surface area contributed by atoms with Gasteiger partial charge >= 0.3 is 0 Å². The molecule has 20 heteroatoms. The molecule has 0 aliphatic rings. The zero-order valence-electron chi connectivity index (χ0n) is 29.4.